The number of nitrogens with zero attached hydrogens (tertiary/aromatic N) is 4. The fourth-order valence-electron chi connectivity index (χ4n) is 5.83. The summed E-state index contributed by atoms with van der Waals surface area (Å²) in [4.78, 5) is 15.4. The van der Waals surface area contributed by atoms with Gasteiger partial charge in [0.15, 0.2) is 0 Å². The smallest absolute Gasteiger partial charge is 0.223 e. The van der Waals surface area contributed by atoms with Gasteiger partial charge in [-0.2, -0.15) is 5.26 Å². The van der Waals surface area contributed by atoms with Crippen molar-refractivity contribution in [2.24, 2.45) is 5.41 Å². The number of hydrogen-bond acceptors (Lipinski definition) is 6. The van der Waals surface area contributed by atoms with Crippen molar-refractivity contribution in [2.75, 3.05) is 31.7 Å². The van der Waals surface area contributed by atoms with Gasteiger partial charge in [-0.05, 0) is 49.3 Å². The molecule has 0 unspecified atom stereocenters. The van der Waals surface area contributed by atoms with Crippen LogP contribution in [0.25, 0.3) is 22.2 Å². The molecule has 1 saturated heterocycles. The monoisotopic (exact) mass is 526 g/mol. The molecular formula is C30H35N6OP. The fourth-order valence-corrected chi connectivity index (χ4v) is 7.26. The highest BCUT2D eigenvalue weighted by Crippen LogP contribution is 2.41. The molecule has 5 rings (SSSR count). The number of likely N-dealkylation sites (tertiary alicyclic amines) is 1. The summed E-state index contributed by atoms with van der Waals surface area (Å²) in [7, 11) is -2.69. The van der Waals surface area contributed by atoms with Crippen LogP contribution in [0.1, 0.15) is 37.0 Å². The minimum Gasteiger partial charge on any atom is -0.360 e. The van der Waals surface area contributed by atoms with Gasteiger partial charge in [-0.1, -0.05) is 50.2 Å². The van der Waals surface area contributed by atoms with Gasteiger partial charge in [0, 0.05) is 49.0 Å². The Balaban J connectivity index is 1.45. The summed E-state index contributed by atoms with van der Waals surface area (Å²) in [5.74, 6) is 0.604. The normalized spacial score (nSPS) is 17.8. The molecule has 0 bridgehead atoms. The maximum Gasteiger partial charge on any atom is 0.223 e. The molecule has 38 heavy (non-hydrogen) atoms. The van der Waals surface area contributed by atoms with Crippen molar-refractivity contribution in [1.29, 1.82) is 5.26 Å². The van der Waals surface area contributed by atoms with E-state index in [4.69, 9.17) is 4.98 Å². The number of H-pyrrole nitrogens is 1. The number of piperidine rings is 1. The van der Waals surface area contributed by atoms with Gasteiger partial charge in [0.1, 0.15) is 7.14 Å². The molecule has 4 aromatic rings. The van der Waals surface area contributed by atoms with Crippen molar-refractivity contribution in [3.8, 4) is 17.3 Å². The van der Waals surface area contributed by atoms with E-state index >= 15 is 0 Å². The molecule has 0 aliphatic carbocycles. The zero-order valence-electron chi connectivity index (χ0n) is 22.7. The van der Waals surface area contributed by atoms with Crippen molar-refractivity contribution in [3.63, 3.8) is 0 Å². The summed E-state index contributed by atoms with van der Waals surface area (Å²) in [6.07, 6.45) is 4.78. The van der Waals surface area contributed by atoms with Crippen LogP contribution in [-0.2, 0) is 11.1 Å². The lowest BCUT2D eigenvalue weighted by Gasteiger charge is -2.42. The molecule has 1 atom stereocenters. The molecule has 2 aromatic carbocycles. The molecule has 0 saturated carbocycles. The Morgan fingerprint density at radius 3 is 2.68 bits per heavy atom. The number of aromatic nitrogens is 3. The van der Waals surface area contributed by atoms with Crippen LogP contribution in [0, 0.1) is 23.7 Å². The van der Waals surface area contributed by atoms with Crippen LogP contribution in [0.5, 0.6) is 0 Å². The number of benzene rings is 2. The summed E-state index contributed by atoms with van der Waals surface area (Å²) in [5.41, 5.74) is 5.36. The van der Waals surface area contributed by atoms with Crippen molar-refractivity contribution in [1.82, 2.24) is 19.9 Å². The quantitative estimate of drug-likeness (QED) is 0.310. The van der Waals surface area contributed by atoms with Crippen LogP contribution < -0.4 is 10.6 Å². The second-order valence-corrected chi connectivity index (χ2v) is 14.8. The Hall–Kier alpha value is -3.46. The SMILES string of the molecule is Cc1cnc(N[C@@H]2CN(Cc3ccccc3)CC(C)(C)C2)nc1-c1c[nH]c2c(P(C)(C)=O)c(C#N)ccc12. The number of anilines is 1. The molecule has 0 amide bonds. The predicted molar refractivity (Wildman–Crippen MR) is 155 cm³/mol. The summed E-state index contributed by atoms with van der Waals surface area (Å²) >= 11 is 0. The topological polar surface area (TPSA) is 97.7 Å². The lowest BCUT2D eigenvalue weighted by atomic mass is 9.81. The van der Waals surface area contributed by atoms with Crippen LogP contribution in [0.15, 0.2) is 54.9 Å². The van der Waals surface area contributed by atoms with Crippen molar-refractivity contribution >= 4 is 29.3 Å². The first-order valence-electron chi connectivity index (χ1n) is 13.0. The highest BCUT2D eigenvalue weighted by molar-refractivity contribution is 7.70. The second kappa shape index (κ2) is 10.0. The van der Waals surface area contributed by atoms with Crippen molar-refractivity contribution in [3.05, 3.63) is 71.5 Å². The largest absolute Gasteiger partial charge is 0.360 e. The molecule has 8 heteroatoms. The van der Waals surface area contributed by atoms with Gasteiger partial charge in [0.05, 0.1) is 28.1 Å². The lowest BCUT2D eigenvalue weighted by molar-refractivity contribution is 0.101. The number of nitrogens with one attached hydrogen (secondary N) is 2. The van der Waals surface area contributed by atoms with Gasteiger partial charge < -0.3 is 14.9 Å². The van der Waals surface area contributed by atoms with E-state index in [1.54, 1.807) is 19.4 Å². The Morgan fingerprint density at radius 1 is 1.21 bits per heavy atom. The first-order chi connectivity index (χ1) is 18.0. The van der Waals surface area contributed by atoms with Crippen LogP contribution >= 0.6 is 7.14 Å². The Morgan fingerprint density at radius 2 is 1.97 bits per heavy atom. The van der Waals surface area contributed by atoms with Gasteiger partial charge in [0.2, 0.25) is 5.95 Å². The minimum atomic E-state index is -2.69. The molecule has 1 aliphatic rings. The Kier molecular flexibility index (Phi) is 6.90. The molecule has 1 fully saturated rings. The Bertz CT molecular complexity index is 1560. The number of rotatable bonds is 6. The third kappa shape index (κ3) is 5.38. The van der Waals surface area contributed by atoms with Gasteiger partial charge in [0.25, 0.3) is 0 Å². The standard InChI is InChI=1S/C30H35N6OP/c1-20-15-33-29(34-23-13-30(2,3)19-36(18-23)17-21-9-7-6-8-10-21)35-26(20)25-16-32-27-24(25)12-11-22(14-31)28(27)38(4,5)37/h6-12,15-16,23,32H,13,17-19H2,1-5H3,(H,33,34,35)/t23-/m0/s1. The van der Waals surface area contributed by atoms with Crippen molar-refractivity contribution < 1.29 is 4.57 Å². The van der Waals surface area contributed by atoms with Crippen LogP contribution in [0.2, 0.25) is 0 Å². The number of aryl methyl sites for hydroxylation is 1. The molecule has 2 aromatic heterocycles. The van der Waals surface area contributed by atoms with Gasteiger partial charge >= 0.3 is 0 Å². The average molecular weight is 527 g/mol. The first kappa shape index (κ1) is 26.2. The van der Waals surface area contributed by atoms with Crippen molar-refractivity contribution in [2.45, 2.75) is 39.8 Å². The highest BCUT2D eigenvalue weighted by Gasteiger charge is 2.33. The second-order valence-electron chi connectivity index (χ2n) is 11.6. The van der Waals surface area contributed by atoms with Gasteiger partial charge in [-0.15, -0.1) is 0 Å². The highest BCUT2D eigenvalue weighted by atomic mass is 31.2. The molecule has 3 heterocycles. The lowest BCUT2D eigenvalue weighted by Crippen LogP contribution is -2.49. The van der Waals surface area contributed by atoms with E-state index in [2.05, 4.69) is 70.4 Å². The molecule has 0 spiro atoms. The zero-order valence-corrected chi connectivity index (χ0v) is 23.6. The van der Waals surface area contributed by atoms with E-state index in [0.717, 1.165) is 53.8 Å². The molecule has 196 valence electrons. The molecule has 2 N–H and O–H groups in total. The van der Waals surface area contributed by atoms with E-state index in [1.165, 1.54) is 5.56 Å². The predicted octanol–water partition coefficient (Wildman–Crippen LogP) is 5.77. The molecule has 7 nitrogen and oxygen atoms in total. The first-order valence-corrected chi connectivity index (χ1v) is 15.6. The number of fused-ring (bicyclic) bond motifs is 1. The summed E-state index contributed by atoms with van der Waals surface area (Å²) < 4.78 is 13.1. The fraction of sp³-hybridized carbons (Fsp3) is 0.367. The molecule has 1 aliphatic heterocycles. The maximum atomic E-state index is 13.1. The summed E-state index contributed by atoms with van der Waals surface area (Å²) in [6, 6.07) is 16.7. The molecule has 0 radical (unpaired) electrons. The average Bonchev–Trinajstić information content (AvgIpc) is 3.27. The number of hydrogen-bond donors (Lipinski definition) is 2. The maximum absolute atomic E-state index is 13.1. The zero-order chi connectivity index (χ0) is 27.1. The third-order valence-corrected chi connectivity index (χ3v) is 8.77. The summed E-state index contributed by atoms with van der Waals surface area (Å²) in [6.45, 7) is 12.9. The van der Waals surface area contributed by atoms with E-state index in [9.17, 15) is 9.83 Å². The number of aromatic amines is 1. The van der Waals surface area contributed by atoms with E-state index in [1.807, 2.05) is 25.4 Å². The van der Waals surface area contributed by atoms with E-state index in [-0.39, 0.29) is 11.5 Å². The van der Waals surface area contributed by atoms with Crippen LogP contribution in [0.3, 0.4) is 0 Å². The van der Waals surface area contributed by atoms with E-state index < -0.39 is 7.14 Å². The summed E-state index contributed by atoms with van der Waals surface area (Å²) in [5, 5.41) is 14.7. The Labute approximate surface area is 224 Å². The van der Waals surface area contributed by atoms with Crippen LogP contribution in [-0.4, -0.2) is 52.3 Å². The number of nitriles is 1. The van der Waals surface area contributed by atoms with E-state index in [0.29, 0.717) is 16.8 Å². The van der Waals surface area contributed by atoms with Gasteiger partial charge in [-0.25, -0.2) is 9.97 Å². The molecular weight excluding hydrogens is 491 g/mol. The van der Waals surface area contributed by atoms with Crippen LogP contribution in [0.4, 0.5) is 5.95 Å². The van der Waals surface area contributed by atoms with Gasteiger partial charge in [-0.3, -0.25) is 4.90 Å². The minimum absolute atomic E-state index is 0.165. The third-order valence-electron chi connectivity index (χ3n) is 7.23.